The van der Waals surface area contributed by atoms with E-state index in [2.05, 4.69) is 36.4 Å². The standard InChI is InChI=1S/C15H14ClNOS/c1-15(2)9-18-14(17-15)11-5-3-4-10(6-11)12-7-13(16)19-8-12/h3-8H,9H2,1-2H3. The van der Waals surface area contributed by atoms with Gasteiger partial charge >= 0.3 is 0 Å². The molecule has 0 N–H and O–H groups in total. The molecule has 0 fully saturated rings. The van der Waals surface area contributed by atoms with E-state index in [0.29, 0.717) is 6.61 Å². The zero-order chi connectivity index (χ0) is 13.5. The van der Waals surface area contributed by atoms with Gasteiger partial charge in [-0.05, 0) is 43.2 Å². The first-order valence-corrected chi connectivity index (χ1v) is 7.37. The Bertz CT molecular complexity index is 645. The van der Waals surface area contributed by atoms with E-state index >= 15 is 0 Å². The van der Waals surface area contributed by atoms with Crippen LogP contribution in [0.25, 0.3) is 11.1 Å². The number of halogens is 1. The number of rotatable bonds is 2. The predicted molar refractivity (Wildman–Crippen MR) is 81.3 cm³/mol. The van der Waals surface area contributed by atoms with Gasteiger partial charge in [-0.3, -0.25) is 0 Å². The van der Waals surface area contributed by atoms with Gasteiger partial charge in [0.25, 0.3) is 0 Å². The van der Waals surface area contributed by atoms with E-state index in [9.17, 15) is 0 Å². The molecule has 1 aliphatic heterocycles. The summed E-state index contributed by atoms with van der Waals surface area (Å²) in [7, 11) is 0. The molecule has 0 unspecified atom stereocenters. The summed E-state index contributed by atoms with van der Waals surface area (Å²) in [6, 6.07) is 10.2. The van der Waals surface area contributed by atoms with Gasteiger partial charge in [-0.2, -0.15) is 0 Å². The minimum atomic E-state index is -0.128. The highest BCUT2D eigenvalue weighted by molar-refractivity contribution is 7.14. The maximum absolute atomic E-state index is 5.98. The van der Waals surface area contributed by atoms with Crippen LogP contribution in [-0.4, -0.2) is 18.0 Å². The molecule has 1 aromatic heterocycles. The Morgan fingerprint density at radius 3 is 2.63 bits per heavy atom. The molecule has 0 spiro atoms. The van der Waals surface area contributed by atoms with Crippen LogP contribution in [0.4, 0.5) is 0 Å². The average Bonchev–Trinajstić information content (AvgIpc) is 2.96. The van der Waals surface area contributed by atoms with Gasteiger partial charge in [-0.25, -0.2) is 4.99 Å². The van der Waals surface area contributed by atoms with Crippen LogP contribution in [0.1, 0.15) is 19.4 Å². The Hall–Kier alpha value is -1.32. The van der Waals surface area contributed by atoms with Crippen LogP contribution < -0.4 is 0 Å². The fraction of sp³-hybridized carbons (Fsp3) is 0.267. The number of hydrogen-bond acceptors (Lipinski definition) is 3. The van der Waals surface area contributed by atoms with Crippen molar-refractivity contribution in [1.82, 2.24) is 0 Å². The first-order chi connectivity index (χ1) is 9.03. The monoisotopic (exact) mass is 291 g/mol. The third-order valence-corrected chi connectivity index (χ3v) is 4.07. The first kappa shape index (κ1) is 12.7. The topological polar surface area (TPSA) is 21.6 Å². The van der Waals surface area contributed by atoms with E-state index in [1.54, 1.807) is 11.3 Å². The van der Waals surface area contributed by atoms with Crippen molar-refractivity contribution < 1.29 is 4.74 Å². The summed E-state index contributed by atoms with van der Waals surface area (Å²) in [4.78, 5) is 4.60. The summed E-state index contributed by atoms with van der Waals surface area (Å²) in [6.45, 7) is 4.78. The lowest BCUT2D eigenvalue weighted by Gasteiger charge is -2.07. The van der Waals surface area contributed by atoms with E-state index in [4.69, 9.17) is 16.3 Å². The number of ether oxygens (including phenoxy) is 1. The van der Waals surface area contributed by atoms with Gasteiger partial charge < -0.3 is 4.74 Å². The second-order valence-electron chi connectivity index (χ2n) is 5.24. The van der Waals surface area contributed by atoms with Crippen molar-refractivity contribution in [3.05, 3.63) is 45.6 Å². The van der Waals surface area contributed by atoms with Crippen molar-refractivity contribution in [2.45, 2.75) is 19.4 Å². The van der Waals surface area contributed by atoms with Crippen LogP contribution in [0.15, 0.2) is 40.7 Å². The molecule has 0 radical (unpaired) electrons. The Balaban J connectivity index is 1.97. The van der Waals surface area contributed by atoms with Gasteiger partial charge in [-0.1, -0.05) is 23.7 Å². The molecule has 1 aliphatic rings. The quantitative estimate of drug-likeness (QED) is 0.791. The number of hydrogen-bond donors (Lipinski definition) is 0. The molecule has 3 rings (SSSR count). The molecule has 0 atom stereocenters. The van der Waals surface area contributed by atoms with Gasteiger partial charge in [0.15, 0.2) is 0 Å². The molecular formula is C15H14ClNOS. The molecule has 0 saturated heterocycles. The number of aliphatic imine (C=N–C) groups is 1. The van der Waals surface area contributed by atoms with Crippen molar-refractivity contribution >= 4 is 28.8 Å². The van der Waals surface area contributed by atoms with Gasteiger partial charge in [0.05, 0.1) is 9.88 Å². The van der Waals surface area contributed by atoms with Crippen molar-refractivity contribution in [3.63, 3.8) is 0 Å². The molecule has 1 aromatic carbocycles. The van der Waals surface area contributed by atoms with E-state index in [1.165, 1.54) is 0 Å². The van der Waals surface area contributed by atoms with Gasteiger partial charge in [0, 0.05) is 10.9 Å². The first-order valence-electron chi connectivity index (χ1n) is 6.11. The Kier molecular flexibility index (Phi) is 3.11. The van der Waals surface area contributed by atoms with Crippen LogP contribution in [0.2, 0.25) is 4.34 Å². The van der Waals surface area contributed by atoms with Crippen LogP contribution in [0.3, 0.4) is 0 Å². The molecule has 0 saturated carbocycles. The summed E-state index contributed by atoms with van der Waals surface area (Å²) in [6.07, 6.45) is 0. The highest BCUT2D eigenvalue weighted by atomic mass is 35.5. The van der Waals surface area contributed by atoms with E-state index < -0.39 is 0 Å². The highest BCUT2D eigenvalue weighted by Gasteiger charge is 2.27. The molecule has 2 nitrogen and oxygen atoms in total. The van der Waals surface area contributed by atoms with Crippen molar-refractivity contribution in [1.29, 1.82) is 0 Å². The summed E-state index contributed by atoms with van der Waals surface area (Å²) in [5.41, 5.74) is 3.16. The summed E-state index contributed by atoms with van der Waals surface area (Å²) < 4.78 is 6.48. The van der Waals surface area contributed by atoms with Crippen LogP contribution in [0, 0.1) is 0 Å². The molecular weight excluding hydrogens is 278 g/mol. The summed E-state index contributed by atoms with van der Waals surface area (Å²) in [5, 5.41) is 2.06. The molecule has 0 aliphatic carbocycles. The average molecular weight is 292 g/mol. The lowest BCUT2D eigenvalue weighted by molar-refractivity contribution is 0.279. The van der Waals surface area contributed by atoms with Gasteiger partial charge in [0.2, 0.25) is 5.90 Å². The van der Waals surface area contributed by atoms with Crippen molar-refractivity contribution in [2.75, 3.05) is 6.61 Å². The summed E-state index contributed by atoms with van der Waals surface area (Å²) >= 11 is 7.53. The molecule has 0 amide bonds. The van der Waals surface area contributed by atoms with Crippen molar-refractivity contribution in [2.24, 2.45) is 4.99 Å². The molecule has 2 aromatic rings. The van der Waals surface area contributed by atoms with E-state index in [-0.39, 0.29) is 5.54 Å². The third kappa shape index (κ3) is 2.67. The third-order valence-electron chi connectivity index (χ3n) is 2.98. The molecule has 19 heavy (non-hydrogen) atoms. The lowest BCUT2D eigenvalue weighted by Crippen LogP contribution is -2.17. The molecule has 2 heterocycles. The Morgan fingerprint density at radius 1 is 1.21 bits per heavy atom. The lowest BCUT2D eigenvalue weighted by atomic mass is 10.1. The smallest absolute Gasteiger partial charge is 0.216 e. The highest BCUT2D eigenvalue weighted by Crippen LogP contribution is 2.30. The second-order valence-corrected chi connectivity index (χ2v) is 6.78. The Labute approximate surface area is 121 Å². The normalized spacial score (nSPS) is 17.1. The maximum atomic E-state index is 5.98. The van der Waals surface area contributed by atoms with E-state index in [1.807, 2.05) is 18.2 Å². The minimum Gasteiger partial charge on any atom is -0.475 e. The van der Waals surface area contributed by atoms with Crippen LogP contribution >= 0.6 is 22.9 Å². The van der Waals surface area contributed by atoms with E-state index in [0.717, 1.165) is 26.9 Å². The molecule has 4 heteroatoms. The fourth-order valence-corrected chi connectivity index (χ4v) is 2.92. The Morgan fingerprint density at radius 2 is 2.00 bits per heavy atom. The number of thiophene rings is 1. The van der Waals surface area contributed by atoms with Gasteiger partial charge in [0.1, 0.15) is 6.61 Å². The maximum Gasteiger partial charge on any atom is 0.216 e. The SMILES string of the molecule is CC1(C)COC(c2cccc(-c3csc(Cl)c3)c2)=N1. The number of benzene rings is 1. The second kappa shape index (κ2) is 4.66. The zero-order valence-corrected chi connectivity index (χ0v) is 12.4. The number of nitrogens with zero attached hydrogens (tertiary/aromatic N) is 1. The summed E-state index contributed by atoms with van der Waals surface area (Å²) in [5.74, 6) is 0.730. The van der Waals surface area contributed by atoms with Crippen LogP contribution in [0.5, 0.6) is 0 Å². The predicted octanol–water partition coefficient (Wildman–Crippen LogP) is 4.62. The largest absolute Gasteiger partial charge is 0.475 e. The molecule has 98 valence electrons. The van der Waals surface area contributed by atoms with Gasteiger partial charge in [-0.15, -0.1) is 11.3 Å². The zero-order valence-electron chi connectivity index (χ0n) is 10.8. The van der Waals surface area contributed by atoms with Crippen molar-refractivity contribution in [3.8, 4) is 11.1 Å². The fourth-order valence-electron chi connectivity index (χ4n) is 2.03. The minimum absolute atomic E-state index is 0.128. The van der Waals surface area contributed by atoms with Crippen LogP contribution in [-0.2, 0) is 4.74 Å². The molecule has 0 bridgehead atoms.